The van der Waals surface area contributed by atoms with Crippen LogP contribution in [0.4, 0.5) is 10.5 Å². The molecule has 0 saturated carbocycles. The minimum absolute atomic E-state index is 0.144. The van der Waals surface area contributed by atoms with Crippen molar-refractivity contribution in [3.05, 3.63) is 99.0 Å². The minimum atomic E-state index is -0.451. The molecular formula is C30H33BrN4O2. The number of hydrogen-bond donors (Lipinski definition) is 1. The van der Waals surface area contributed by atoms with Crippen molar-refractivity contribution in [2.24, 2.45) is 0 Å². The van der Waals surface area contributed by atoms with Gasteiger partial charge in [-0.3, -0.25) is 9.36 Å². The molecule has 192 valence electrons. The maximum absolute atomic E-state index is 13.8. The lowest BCUT2D eigenvalue weighted by Crippen LogP contribution is -2.40. The van der Waals surface area contributed by atoms with Gasteiger partial charge in [0.25, 0.3) is 5.56 Å². The van der Waals surface area contributed by atoms with Gasteiger partial charge in [0.15, 0.2) is 0 Å². The number of benzene rings is 3. The lowest BCUT2D eigenvalue weighted by atomic mass is 10.1. The van der Waals surface area contributed by atoms with Crippen molar-refractivity contribution in [2.45, 2.75) is 52.5 Å². The summed E-state index contributed by atoms with van der Waals surface area (Å²) in [6.45, 7) is 6.68. The largest absolute Gasteiger partial charge is 0.322 e. The number of rotatable bonds is 9. The van der Waals surface area contributed by atoms with Crippen LogP contribution in [0.1, 0.15) is 57.0 Å². The molecule has 0 radical (unpaired) electrons. The van der Waals surface area contributed by atoms with Gasteiger partial charge in [0.05, 0.1) is 22.6 Å². The van der Waals surface area contributed by atoms with Crippen molar-refractivity contribution in [1.82, 2.24) is 14.5 Å². The first-order valence-electron chi connectivity index (χ1n) is 12.8. The summed E-state index contributed by atoms with van der Waals surface area (Å²) in [5.41, 5.74) is 3.01. The Hall–Kier alpha value is -3.45. The maximum Gasteiger partial charge on any atom is 0.322 e. The Kier molecular flexibility index (Phi) is 8.77. The van der Waals surface area contributed by atoms with Crippen LogP contribution in [-0.2, 0) is 0 Å². The molecule has 2 amide bonds. The average Bonchev–Trinajstić information content (AvgIpc) is 2.89. The molecule has 0 bridgehead atoms. The molecule has 4 rings (SSSR count). The third kappa shape index (κ3) is 6.28. The number of anilines is 1. The van der Waals surface area contributed by atoms with Crippen LogP contribution in [0.5, 0.6) is 0 Å². The van der Waals surface area contributed by atoms with Gasteiger partial charge in [-0.25, -0.2) is 9.78 Å². The first-order valence-corrected chi connectivity index (χ1v) is 13.6. The molecule has 0 aliphatic carbocycles. The van der Waals surface area contributed by atoms with E-state index >= 15 is 0 Å². The van der Waals surface area contributed by atoms with Gasteiger partial charge in [-0.15, -0.1) is 0 Å². The zero-order valence-electron chi connectivity index (χ0n) is 21.6. The number of amides is 2. The fourth-order valence-corrected chi connectivity index (χ4v) is 4.85. The number of aryl methyl sites for hydroxylation is 1. The molecule has 1 heterocycles. The number of halogens is 1. The zero-order valence-corrected chi connectivity index (χ0v) is 23.2. The predicted molar refractivity (Wildman–Crippen MR) is 155 cm³/mol. The monoisotopic (exact) mass is 560 g/mol. The lowest BCUT2D eigenvalue weighted by Gasteiger charge is -2.31. The maximum atomic E-state index is 13.8. The molecule has 6 nitrogen and oxygen atoms in total. The van der Waals surface area contributed by atoms with Crippen LogP contribution in [0.3, 0.4) is 0 Å². The first kappa shape index (κ1) is 26.6. The Morgan fingerprint density at radius 2 is 1.78 bits per heavy atom. The summed E-state index contributed by atoms with van der Waals surface area (Å²) in [4.78, 5) is 34.1. The van der Waals surface area contributed by atoms with Crippen LogP contribution in [0.15, 0.2) is 82.1 Å². The van der Waals surface area contributed by atoms with Crippen LogP contribution in [0.25, 0.3) is 16.6 Å². The number of para-hydroxylation sites is 1. The zero-order chi connectivity index (χ0) is 26.4. The molecule has 0 aliphatic heterocycles. The molecular weight excluding hydrogens is 528 g/mol. The molecule has 1 atom stereocenters. The van der Waals surface area contributed by atoms with E-state index in [-0.39, 0.29) is 11.6 Å². The molecule has 7 heteroatoms. The number of hydrogen-bond acceptors (Lipinski definition) is 3. The van der Waals surface area contributed by atoms with Gasteiger partial charge in [0.2, 0.25) is 0 Å². The van der Waals surface area contributed by atoms with E-state index in [4.69, 9.17) is 4.98 Å². The highest BCUT2D eigenvalue weighted by Crippen LogP contribution is 2.25. The van der Waals surface area contributed by atoms with E-state index in [0.717, 1.165) is 41.4 Å². The summed E-state index contributed by atoms with van der Waals surface area (Å²) >= 11 is 3.47. The summed E-state index contributed by atoms with van der Waals surface area (Å²) in [5.74, 6) is 0.535. The van der Waals surface area contributed by atoms with Gasteiger partial charge in [0, 0.05) is 16.7 Å². The number of carbonyl (C=O) groups excluding carboxylic acids is 1. The fourth-order valence-electron chi connectivity index (χ4n) is 4.45. The number of carbonyl (C=O) groups is 1. The van der Waals surface area contributed by atoms with Crippen molar-refractivity contribution < 1.29 is 4.79 Å². The van der Waals surface area contributed by atoms with E-state index in [0.29, 0.717) is 29.0 Å². The summed E-state index contributed by atoms with van der Waals surface area (Å²) in [6.07, 6.45) is 4.11. The Morgan fingerprint density at radius 1 is 1.03 bits per heavy atom. The van der Waals surface area contributed by atoms with E-state index in [1.165, 1.54) is 0 Å². The second kappa shape index (κ2) is 12.2. The van der Waals surface area contributed by atoms with E-state index in [1.807, 2.05) is 80.6 Å². The van der Waals surface area contributed by atoms with E-state index in [2.05, 4.69) is 28.2 Å². The SMILES string of the molecule is CCCCCCN(C(=O)Nc1cccc(Br)c1)C(C)c1nc2ccccc2c(=O)n1-c1ccc(C)cc1. The fraction of sp³-hybridized carbons (Fsp3) is 0.300. The number of nitrogens with zero attached hydrogens (tertiary/aromatic N) is 3. The summed E-state index contributed by atoms with van der Waals surface area (Å²) < 4.78 is 2.54. The molecule has 0 aliphatic rings. The molecule has 0 spiro atoms. The third-order valence-electron chi connectivity index (χ3n) is 6.52. The summed E-state index contributed by atoms with van der Waals surface area (Å²) in [5, 5.41) is 3.58. The Bertz CT molecular complexity index is 1430. The highest BCUT2D eigenvalue weighted by atomic mass is 79.9. The van der Waals surface area contributed by atoms with Gasteiger partial charge >= 0.3 is 6.03 Å². The van der Waals surface area contributed by atoms with Gasteiger partial charge < -0.3 is 10.2 Å². The van der Waals surface area contributed by atoms with Gasteiger partial charge in [-0.1, -0.05) is 78.0 Å². The second-order valence-electron chi connectivity index (χ2n) is 9.33. The number of fused-ring (bicyclic) bond motifs is 1. The molecule has 1 N–H and O–H groups in total. The Labute approximate surface area is 226 Å². The quantitative estimate of drug-likeness (QED) is 0.214. The molecule has 4 aromatic rings. The van der Waals surface area contributed by atoms with E-state index < -0.39 is 6.04 Å². The second-order valence-corrected chi connectivity index (χ2v) is 10.2. The highest BCUT2D eigenvalue weighted by molar-refractivity contribution is 9.10. The molecule has 37 heavy (non-hydrogen) atoms. The topological polar surface area (TPSA) is 67.2 Å². The molecule has 3 aromatic carbocycles. The van der Waals surface area contributed by atoms with Crippen LogP contribution in [0, 0.1) is 6.92 Å². The van der Waals surface area contributed by atoms with Crippen LogP contribution in [0.2, 0.25) is 0 Å². The number of aromatic nitrogens is 2. The molecule has 1 unspecified atom stereocenters. The van der Waals surface area contributed by atoms with Gasteiger partial charge in [-0.05, 0) is 62.7 Å². The van der Waals surface area contributed by atoms with Gasteiger partial charge in [-0.2, -0.15) is 0 Å². The Morgan fingerprint density at radius 3 is 2.51 bits per heavy atom. The number of urea groups is 1. The van der Waals surface area contributed by atoms with Crippen molar-refractivity contribution in [3.63, 3.8) is 0 Å². The number of nitrogens with one attached hydrogen (secondary N) is 1. The lowest BCUT2D eigenvalue weighted by molar-refractivity contribution is 0.187. The van der Waals surface area contributed by atoms with Gasteiger partial charge in [0.1, 0.15) is 5.82 Å². The first-order chi connectivity index (χ1) is 17.9. The highest BCUT2D eigenvalue weighted by Gasteiger charge is 2.27. The standard InChI is InChI=1S/C30H33BrN4O2/c1-4-5-6-9-19-34(30(37)32-24-12-10-11-23(31)20-24)22(3)28-33-27-14-8-7-13-26(27)29(36)35(28)25-17-15-21(2)16-18-25/h7-8,10-18,20,22H,4-6,9,19H2,1-3H3,(H,32,37). The van der Waals surface area contributed by atoms with Crippen molar-refractivity contribution >= 4 is 38.6 Å². The van der Waals surface area contributed by atoms with Crippen molar-refractivity contribution in [3.8, 4) is 5.69 Å². The van der Waals surface area contributed by atoms with Crippen molar-refractivity contribution in [1.29, 1.82) is 0 Å². The van der Waals surface area contributed by atoms with E-state index in [9.17, 15) is 9.59 Å². The van der Waals surface area contributed by atoms with Crippen LogP contribution >= 0.6 is 15.9 Å². The van der Waals surface area contributed by atoms with Crippen LogP contribution < -0.4 is 10.9 Å². The van der Waals surface area contributed by atoms with Crippen LogP contribution in [-0.4, -0.2) is 27.0 Å². The molecule has 1 aromatic heterocycles. The summed E-state index contributed by atoms with van der Waals surface area (Å²) in [6, 6.07) is 22.0. The third-order valence-corrected chi connectivity index (χ3v) is 7.02. The average molecular weight is 562 g/mol. The number of unbranched alkanes of at least 4 members (excludes halogenated alkanes) is 3. The van der Waals surface area contributed by atoms with E-state index in [1.54, 1.807) is 15.5 Å². The summed E-state index contributed by atoms with van der Waals surface area (Å²) in [7, 11) is 0. The Balaban J connectivity index is 1.79. The minimum Gasteiger partial charge on any atom is -0.315 e. The normalized spacial score (nSPS) is 11.9. The molecule has 0 saturated heterocycles. The molecule has 0 fully saturated rings. The predicted octanol–water partition coefficient (Wildman–Crippen LogP) is 7.63. The smallest absolute Gasteiger partial charge is 0.315 e. The van der Waals surface area contributed by atoms with Crippen molar-refractivity contribution in [2.75, 3.05) is 11.9 Å².